The van der Waals surface area contributed by atoms with Gasteiger partial charge in [0.25, 0.3) is 0 Å². The van der Waals surface area contributed by atoms with Gasteiger partial charge in [-0.2, -0.15) is 5.10 Å². The van der Waals surface area contributed by atoms with Crippen molar-refractivity contribution < 1.29 is 0 Å². The standard InChI is InChI=1S/C19H19ClN6/c1-12-7-8-14(9-16(12)20)26-18-15(10-22-26)19-24-23-17(25(19)11-21-18)13-5-3-2-4-6-13/h7-11,13H,2-6H2,1H3. The van der Waals surface area contributed by atoms with Gasteiger partial charge in [-0.1, -0.05) is 36.9 Å². The number of aryl methyl sites for hydroxylation is 1. The van der Waals surface area contributed by atoms with E-state index in [1.165, 1.54) is 32.1 Å². The summed E-state index contributed by atoms with van der Waals surface area (Å²) in [6, 6.07) is 5.89. The zero-order valence-corrected chi connectivity index (χ0v) is 15.3. The Hall–Kier alpha value is -2.47. The number of halogens is 1. The molecule has 1 saturated carbocycles. The lowest BCUT2D eigenvalue weighted by molar-refractivity contribution is 0.426. The maximum atomic E-state index is 6.28. The van der Waals surface area contributed by atoms with E-state index >= 15 is 0 Å². The molecule has 3 heterocycles. The van der Waals surface area contributed by atoms with Crippen molar-refractivity contribution in [2.75, 3.05) is 0 Å². The monoisotopic (exact) mass is 366 g/mol. The molecule has 132 valence electrons. The van der Waals surface area contributed by atoms with Crippen LogP contribution in [0.1, 0.15) is 49.4 Å². The summed E-state index contributed by atoms with van der Waals surface area (Å²) in [5, 5.41) is 15.1. The van der Waals surface area contributed by atoms with Gasteiger partial charge >= 0.3 is 0 Å². The molecule has 3 aromatic heterocycles. The zero-order chi connectivity index (χ0) is 17.7. The summed E-state index contributed by atoms with van der Waals surface area (Å²) in [6.07, 6.45) is 9.85. The minimum absolute atomic E-state index is 0.476. The number of hydrogen-bond donors (Lipinski definition) is 0. The number of benzene rings is 1. The summed E-state index contributed by atoms with van der Waals surface area (Å²) < 4.78 is 3.84. The molecule has 1 aliphatic carbocycles. The summed E-state index contributed by atoms with van der Waals surface area (Å²) in [5.41, 5.74) is 3.51. The van der Waals surface area contributed by atoms with Gasteiger partial charge in [-0.25, -0.2) is 9.67 Å². The fraction of sp³-hybridized carbons (Fsp3) is 0.368. The second-order valence-corrected chi connectivity index (χ2v) is 7.47. The van der Waals surface area contributed by atoms with Crippen LogP contribution in [-0.4, -0.2) is 29.4 Å². The van der Waals surface area contributed by atoms with Gasteiger partial charge in [-0.3, -0.25) is 4.40 Å². The predicted molar refractivity (Wildman–Crippen MR) is 101 cm³/mol. The second-order valence-electron chi connectivity index (χ2n) is 7.06. The van der Waals surface area contributed by atoms with E-state index in [2.05, 4.69) is 20.3 Å². The number of hydrogen-bond acceptors (Lipinski definition) is 4. The average molecular weight is 367 g/mol. The fourth-order valence-corrected chi connectivity index (χ4v) is 4.05. The van der Waals surface area contributed by atoms with E-state index in [0.29, 0.717) is 10.9 Å². The molecule has 26 heavy (non-hydrogen) atoms. The van der Waals surface area contributed by atoms with Gasteiger partial charge < -0.3 is 0 Å². The predicted octanol–water partition coefficient (Wildman–Crippen LogP) is 4.47. The van der Waals surface area contributed by atoms with Crippen LogP contribution in [0.5, 0.6) is 0 Å². The number of nitrogens with zero attached hydrogens (tertiary/aromatic N) is 6. The molecule has 0 spiro atoms. The van der Waals surface area contributed by atoms with Gasteiger partial charge in [0.1, 0.15) is 12.2 Å². The molecule has 4 aromatic rings. The van der Waals surface area contributed by atoms with Crippen LogP contribution in [0, 0.1) is 6.92 Å². The Bertz CT molecular complexity index is 1110. The Balaban J connectivity index is 1.64. The molecule has 0 radical (unpaired) electrons. The highest BCUT2D eigenvalue weighted by Crippen LogP contribution is 2.32. The minimum atomic E-state index is 0.476. The van der Waals surface area contributed by atoms with Crippen LogP contribution in [0.2, 0.25) is 5.02 Å². The van der Waals surface area contributed by atoms with Crippen LogP contribution in [0.25, 0.3) is 22.4 Å². The first-order valence-electron chi connectivity index (χ1n) is 9.06. The molecule has 0 atom stereocenters. The van der Waals surface area contributed by atoms with Crippen LogP contribution in [0.15, 0.2) is 30.7 Å². The highest BCUT2D eigenvalue weighted by Gasteiger charge is 2.22. The van der Waals surface area contributed by atoms with Crippen molar-refractivity contribution in [2.24, 2.45) is 0 Å². The van der Waals surface area contributed by atoms with Crippen molar-refractivity contribution in [3.05, 3.63) is 47.1 Å². The number of aromatic nitrogens is 6. The molecule has 0 amide bonds. The van der Waals surface area contributed by atoms with E-state index < -0.39 is 0 Å². The summed E-state index contributed by atoms with van der Waals surface area (Å²) >= 11 is 6.28. The van der Waals surface area contributed by atoms with Gasteiger partial charge in [0.2, 0.25) is 0 Å². The molecule has 6 nitrogen and oxygen atoms in total. The normalized spacial score (nSPS) is 15.9. The van der Waals surface area contributed by atoms with Crippen molar-refractivity contribution >= 4 is 28.3 Å². The van der Waals surface area contributed by atoms with Crippen LogP contribution in [-0.2, 0) is 0 Å². The SMILES string of the molecule is Cc1ccc(-n2ncc3c2ncn2c(C4CCCCC4)nnc32)cc1Cl. The minimum Gasteiger partial charge on any atom is -0.268 e. The fourth-order valence-electron chi connectivity index (χ4n) is 3.88. The largest absolute Gasteiger partial charge is 0.268 e. The molecule has 1 aliphatic rings. The summed E-state index contributed by atoms with van der Waals surface area (Å²) in [5.74, 6) is 1.50. The Morgan fingerprint density at radius 2 is 1.92 bits per heavy atom. The van der Waals surface area contributed by atoms with E-state index in [9.17, 15) is 0 Å². The average Bonchev–Trinajstić information content (AvgIpc) is 3.28. The molecule has 0 N–H and O–H groups in total. The van der Waals surface area contributed by atoms with E-state index in [1.807, 2.05) is 42.0 Å². The topological polar surface area (TPSA) is 60.9 Å². The third-order valence-electron chi connectivity index (χ3n) is 5.37. The Kier molecular flexibility index (Phi) is 3.67. The van der Waals surface area contributed by atoms with Gasteiger partial charge in [-0.15, -0.1) is 10.2 Å². The first kappa shape index (κ1) is 15.8. The van der Waals surface area contributed by atoms with E-state index in [-0.39, 0.29) is 0 Å². The smallest absolute Gasteiger partial charge is 0.174 e. The van der Waals surface area contributed by atoms with Gasteiger partial charge in [0.15, 0.2) is 11.3 Å². The summed E-state index contributed by atoms with van der Waals surface area (Å²) in [6.45, 7) is 1.98. The van der Waals surface area contributed by atoms with Crippen LogP contribution in [0.3, 0.4) is 0 Å². The van der Waals surface area contributed by atoms with Gasteiger partial charge in [0, 0.05) is 10.9 Å². The lowest BCUT2D eigenvalue weighted by Gasteiger charge is -2.19. The van der Waals surface area contributed by atoms with E-state index in [0.717, 1.165) is 33.8 Å². The van der Waals surface area contributed by atoms with Gasteiger partial charge in [0.05, 0.1) is 17.3 Å². The van der Waals surface area contributed by atoms with Crippen molar-refractivity contribution in [3.8, 4) is 5.69 Å². The lowest BCUT2D eigenvalue weighted by atomic mass is 9.89. The Labute approximate surface area is 155 Å². The first-order valence-corrected chi connectivity index (χ1v) is 9.44. The molecule has 1 fully saturated rings. The van der Waals surface area contributed by atoms with Crippen molar-refractivity contribution in [1.82, 2.24) is 29.4 Å². The molecule has 5 rings (SSSR count). The quantitative estimate of drug-likeness (QED) is 0.525. The molecule has 7 heteroatoms. The summed E-state index contributed by atoms with van der Waals surface area (Å²) in [4.78, 5) is 4.67. The highest BCUT2D eigenvalue weighted by molar-refractivity contribution is 6.31. The lowest BCUT2D eigenvalue weighted by Crippen LogP contribution is -2.09. The van der Waals surface area contributed by atoms with Crippen LogP contribution >= 0.6 is 11.6 Å². The molecule has 0 bridgehead atoms. The highest BCUT2D eigenvalue weighted by atomic mass is 35.5. The van der Waals surface area contributed by atoms with Gasteiger partial charge in [-0.05, 0) is 37.5 Å². The maximum Gasteiger partial charge on any atom is 0.174 e. The van der Waals surface area contributed by atoms with Crippen LogP contribution < -0.4 is 0 Å². The third-order valence-corrected chi connectivity index (χ3v) is 5.78. The third kappa shape index (κ3) is 2.40. The summed E-state index contributed by atoms with van der Waals surface area (Å²) in [7, 11) is 0. The molecule has 1 aromatic carbocycles. The van der Waals surface area contributed by atoms with E-state index in [1.54, 1.807) is 4.68 Å². The Morgan fingerprint density at radius 3 is 2.73 bits per heavy atom. The molecular weight excluding hydrogens is 348 g/mol. The number of rotatable bonds is 2. The number of fused-ring (bicyclic) bond motifs is 3. The molecule has 0 saturated heterocycles. The van der Waals surface area contributed by atoms with Crippen molar-refractivity contribution in [2.45, 2.75) is 44.9 Å². The molecule has 0 unspecified atom stereocenters. The maximum absolute atomic E-state index is 6.28. The Morgan fingerprint density at radius 1 is 1.08 bits per heavy atom. The van der Waals surface area contributed by atoms with Crippen molar-refractivity contribution in [1.29, 1.82) is 0 Å². The van der Waals surface area contributed by atoms with Crippen LogP contribution in [0.4, 0.5) is 0 Å². The molecule has 0 aliphatic heterocycles. The van der Waals surface area contributed by atoms with E-state index in [4.69, 9.17) is 11.6 Å². The van der Waals surface area contributed by atoms with Crippen molar-refractivity contribution in [3.63, 3.8) is 0 Å². The zero-order valence-electron chi connectivity index (χ0n) is 14.6. The first-order chi connectivity index (χ1) is 12.7. The second kappa shape index (κ2) is 6.06. The molecular formula is C19H19ClN6.